The first kappa shape index (κ1) is 12.9. The second-order valence-corrected chi connectivity index (χ2v) is 5.47. The lowest BCUT2D eigenvalue weighted by atomic mass is 9.97. The summed E-state index contributed by atoms with van der Waals surface area (Å²) in [5.74, 6) is 0.0353. The van der Waals surface area contributed by atoms with Gasteiger partial charge in [0.05, 0.1) is 6.07 Å². The van der Waals surface area contributed by atoms with E-state index in [9.17, 15) is 10.1 Å². The molecule has 1 aromatic rings. The first-order valence-corrected chi connectivity index (χ1v) is 6.98. The average Bonchev–Trinajstić information content (AvgIpc) is 2.91. The number of carbonyl (C=O) groups excluding carboxylic acids is 1. The molecule has 7 heteroatoms. The van der Waals surface area contributed by atoms with Crippen LogP contribution in [0, 0.1) is 11.3 Å². The summed E-state index contributed by atoms with van der Waals surface area (Å²) in [6, 6.07) is 2.37. The molecule has 96 valence electrons. The van der Waals surface area contributed by atoms with Gasteiger partial charge in [-0.25, -0.2) is 9.67 Å². The molecule has 1 aliphatic heterocycles. The van der Waals surface area contributed by atoms with Crippen molar-refractivity contribution >= 4 is 17.7 Å². The van der Waals surface area contributed by atoms with Gasteiger partial charge >= 0.3 is 0 Å². The van der Waals surface area contributed by atoms with Crippen LogP contribution in [0.5, 0.6) is 0 Å². The SMILES string of the molecule is CSC1(C#N)CCN(C(=O)Cn2cncn2)CC1. The minimum atomic E-state index is -0.315. The predicted octanol–water partition coefficient (Wildman–Crippen LogP) is 0.526. The monoisotopic (exact) mass is 265 g/mol. The molecule has 0 unspecified atom stereocenters. The Kier molecular flexibility index (Phi) is 3.87. The first-order chi connectivity index (χ1) is 8.69. The van der Waals surface area contributed by atoms with E-state index in [1.165, 1.54) is 17.3 Å². The van der Waals surface area contributed by atoms with E-state index in [1.54, 1.807) is 16.7 Å². The van der Waals surface area contributed by atoms with Gasteiger partial charge < -0.3 is 4.90 Å². The topological polar surface area (TPSA) is 74.8 Å². The summed E-state index contributed by atoms with van der Waals surface area (Å²) < 4.78 is 1.20. The summed E-state index contributed by atoms with van der Waals surface area (Å²) in [6.45, 7) is 1.50. The van der Waals surface area contributed by atoms with Crippen LogP contribution in [-0.2, 0) is 11.3 Å². The molecule has 6 nitrogen and oxygen atoms in total. The molecule has 0 aliphatic carbocycles. The van der Waals surface area contributed by atoms with Crippen molar-refractivity contribution in [1.82, 2.24) is 19.7 Å². The van der Waals surface area contributed by atoms with Crippen molar-refractivity contribution in [3.63, 3.8) is 0 Å². The molecule has 2 rings (SSSR count). The van der Waals surface area contributed by atoms with Crippen molar-refractivity contribution in [2.75, 3.05) is 19.3 Å². The molecular weight excluding hydrogens is 250 g/mol. The summed E-state index contributed by atoms with van der Waals surface area (Å²) in [5, 5.41) is 13.1. The molecule has 1 amide bonds. The summed E-state index contributed by atoms with van der Waals surface area (Å²) in [5.41, 5.74) is 0. The van der Waals surface area contributed by atoms with E-state index < -0.39 is 0 Å². The molecule has 18 heavy (non-hydrogen) atoms. The van der Waals surface area contributed by atoms with Crippen LogP contribution in [0.2, 0.25) is 0 Å². The highest BCUT2D eigenvalue weighted by Gasteiger charge is 2.35. The number of nitriles is 1. The van der Waals surface area contributed by atoms with Crippen molar-refractivity contribution in [3.05, 3.63) is 12.7 Å². The molecule has 0 bridgehead atoms. The molecule has 0 aromatic carbocycles. The lowest BCUT2D eigenvalue weighted by molar-refractivity contribution is -0.133. The largest absolute Gasteiger partial charge is 0.341 e. The Labute approximate surface area is 110 Å². The van der Waals surface area contributed by atoms with Crippen LogP contribution in [0.4, 0.5) is 0 Å². The van der Waals surface area contributed by atoms with E-state index >= 15 is 0 Å². The smallest absolute Gasteiger partial charge is 0.244 e. The molecule has 2 heterocycles. The first-order valence-electron chi connectivity index (χ1n) is 5.76. The molecule has 0 spiro atoms. The molecule has 0 saturated carbocycles. The highest BCUT2D eigenvalue weighted by molar-refractivity contribution is 8.00. The van der Waals surface area contributed by atoms with E-state index in [0.717, 1.165) is 12.8 Å². The Bertz CT molecular complexity index is 444. The van der Waals surface area contributed by atoms with Crippen LogP contribution in [-0.4, -0.2) is 49.7 Å². The second kappa shape index (κ2) is 5.40. The zero-order valence-corrected chi connectivity index (χ0v) is 11.1. The molecule has 1 saturated heterocycles. The van der Waals surface area contributed by atoms with Crippen LogP contribution in [0.25, 0.3) is 0 Å². The van der Waals surface area contributed by atoms with Gasteiger partial charge in [0, 0.05) is 13.1 Å². The number of thioether (sulfide) groups is 1. The molecule has 1 fully saturated rings. The third-order valence-electron chi connectivity index (χ3n) is 3.28. The normalized spacial score (nSPS) is 18.3. The van der Waals surface area contributed by atoms with Crippen molar-refractivity contribution < 1.29 is 4.79 Å². The molecule has 1 aromatic heterocycles. The number of aromatic nitrogens is 3. The number of hydrogen-bond donors (Lipinski definition) is 0. The highest BCUT2D eigenvalue weighted by atomic mass is 32.2. The lowest BCUT2D eigenvalue weighted by Crippen LogP contribution is -2.45. The van der Waals surface area contributed by atoms with E-state index in [0.29, 0.717) is 13.1 Å². The van der Waals surface area contributed by atoms with Gasteiger partial charge in [0.25, 0.3) is 0 Å². The van der Waals surface area contributed by atoms with Gasteiger partial charge in [-0.1, -0.05) is 0 Å². The van der Waals surface area contributed by atoms with Crippen LogP contribution in [0.15, 0.2) is 12.7 Å². The third kappa shape index (κ3) is 2.64. The van der Waals surface area contributed by atoms with Crippen LogP contribution in [0.3, 0.4) is 0 Å². The minimum absolute atomic E-state index is 0.0353. The van der Waals surface area contributed by atoms with E-state index in [4.69, 9.17) is 0 Å². The van der Waals surface area contributed by atoms with Gasteiger partial charge in [0.15, 0.2) is 0 Å². The van der Waals surface area contributed by atoms with Crippen molar-refractivity contribution in [2.24, 2.45) is 0 Å². The summed E-state index contributed by atoms with van der Waals surface area (Å²) in [7, 11) is 0. The maximum absolute atomic E-state index is 12.0. The van der Waals surface area contributed by atoms with Crippen LogP contribution < -0.4 is 0 Å². The number of nitrogens with zero attached hydrogens (tertiary/aromatic N) is 5. The van der Waals surface area contributed by atoms with Gasteiger partial charge in [0.2, 0.25) is 5.91 Å². The van der Waals surface area contributed by atoms with Crippen LogP contribution >= 0.6 is 11.8 Å². The fourth-order valence-corrected chi connectivity index (χ4v) is 2.71. The highest BCUT2D eigenvalue weighted by Crippen LogP contribution is 2.33. The van der Waals surface area contributed by atoms with E-state index in [2.05, 4.69) is 16.2 Å². The second-order valence-electron chi connectivity index (χ2n) is 4.28. The minimum Gasteiger partial charge on any atom is -0.341 e. The van der Waals surface area contributed by atoms with Crippen molar-refractivity contribution in [1.29, 1.82) is 5.26 Å². The summed E-state index contributed by atoms with van der Waals surface area (Å²) in [6.07, 6.45) is 6.36. The summed E-state index contributed by atoms with van der Waals surface area (Å²) >= 11 is 1.59. The Morgan fingerprint density at radius 2 is 2.28 bits per heavy atom. The Balaban J connectivity index is 1.90. The number of rotatable bonds is 3. The number of likely N-dealkylation sites (tertiary alicyclic amines) is 1. The van der Waals surface area contributed by atoms with Crippen molar-refractivity contribution in [3.8, 4) is 6.07 Å². The third-order valence-corrected chi connectivity index (χ3v) is 4.56. The predicted molar refractivity (Wildman–Crippen MR) is 67.7 cm³/mol. The number of amides is 1. The van der Waals surface area contributed by atoms with Gasteiger partial charge in [-0.15, -0.1) is 11.8 Å². The number of carbonyl (C=O) groups is 1. The average molecular weight is 265 g/mol. The fraction of sp³-hybridized carbons (Fsp3) is 0.636. The molecule has 1 aliphatic rings. The quantitative estimate of drug-likeness (QED) is 0.796. The summed E-state index contributed by atoms with van der Waals surface area (Å²) in [4.78, 5) is 17.6. The zero-order valence-electron chi connectivity index (χ0n) is 10.2. The molecular formula is C11H15N5OS. The van der Waals surface area contributed by atoms with E-state index in [1.807, 2.05) is 6.26 Å². The standard InChI is InChI=1S/C11H15N5OS/c1-18-11(7-12)2-4-15(5-3-11)10(17)6-16-9-13-8-14-16/h8-9H,2-6H2,1H3. The zero-order chi connectivity index (χ0) is 13.0. The fourth-order valence-electron chi connectivity index (χ4n) is 2.03. The molecule has 0 N–H and O–H groups in total. The number of piperidine rings is 1. The molecule has 0 atom stereocenters. The van der Waals surface area contributed by atoms with Gasteiger partial charge in [0.1, 0.15) is 23.9 Å². The van der Waals surface area contributed by atoms with Gasteiger partial charge in [-0.05, 0) is 19.1 Å². The maximum Gasteiger partial charge on any atom is 0.244 e. The lowest BCUT2D eigenvalue weighted by Gasteiger charge is -2.36. The van der Waals surface area contributed by atoms with Crippen LogP contribution in [0.1, 0.15) is 12.8 Å². The van der Waals surface area contributed by atoms with Crippen molar-refractivity contribution in [2.45, 2.75) is 24.1 Å². The van der Waals surface area contributed by atoms with Gasteiger partial charge in [-0.3, -0.25) is 4.79 Å². The van der Waals surface area contributed by atoms with Gasteiger partial charge in [-0.2, -0.15) is 10.4 Å². The Morgan fingerprint density at radius 3 is 2.78 bits per heavy atom. The maximum atomic E-state index is 12.0. The van der Waals surface area contributed by atoms with E-state index in [-0.39, 0.29) is 17.2 Å². The Hall–Kier alpha value is -1.55. The number of hydrogen-bond acceptors (Lipinski definition) is 5. The molecule has 0 radical (unpaired) electrons. The Morgan fingerprint density at radius 1 is 1.56 bits per heavy atom.